The highest BCUT2D eigenvalue weighted by molar-refractivity contribution is 5.85. The van der Waals surface area contributed by atoms with Crippen molar-refractivity contribution in [2.45, 2.75) is 18.8 Å². The third-order valence-electron chi connectivity index (χ3n) is 3.80. The normalized spacial score (nSPS) is 14.9. The molecule has 0 saturated heterocycles. The van der Waals surface area contributed by atoms with Crippen molar-refractivity contribution in [2.24, 2.45) is 0 Å². The van der Waals surface area contributed by atoms with E-state index in [1.807, 2.05) is 0 Å². The molecule has 1 aliphatic carbocycles. The number of hydrogen-bond acceptors (Lipinski definition) is 1. The molecule has 0 aliphatic heterocycles. The largest absolute Gasteiger partial charge is 0.354 e. The predicted molar refractivity (Wildman–Crippen MR) is 73.4 cm³/mol. The Morgan fingerprint density at radius 2 is 1.85 bits per heavy atom. The molecule has 1 N–H and O–H groups in total. The van der Waals surface area contributed by atoms with E-state index in [1.165, 1.54) is 12.1 Å². The first-order chi connectivity index (χ1) is 9.72. The summed E-state index contributed by atoms with van der Waals surface area (Å²) in [6.07, 6.45) is 5.36. The van der Waals surface area contributed by atoms with Gasteiger partial charge < -0.3 is 4.98 Å². The Balaban J connectivity index is 1.88. The molecule has 4 rings (SSSR count). The fourth-order valence-corrected chi connectivity index (χ4v) is 2.61. The number of nitrogens with one attached hydrogen (secondary N) is 1. The van der Waals surface area contributed by atoms with Gasteiger partial charge in [0, 0.05) is 23.3 Å². The standard InChI is InChI=1S/C16H12F2N2/c17-12-5-10(9-1-2-9)6-13(18)16(12)15-7-11-8-19-4-3-14(11)20-15/h3-9,20H,1-2H2. The topological polar surface area (TPSA) is 28.7 Å². The van der Waals surface area contributed by atoms with Crippen LogP contribution in [0.1, 0.15) is 24.3 Å². The predicted octanol–water partition coefficient (Wildman–Crippen LogP) is 4.39. The molecule has 1 fully saturated rings. The van der Waals surface area contributed by atoms with Crippen molar-refractivity contribution in [2.75, 3.05) is 0 Å². The molecule has 1 aromatic carbocycles. The fourth-order valence-electron chi connectivity index (χ4n) is 2.61. The second-order valence-corrected chi connectivity index (χ2v) is 5.28. The molecule has 100 valence electrons. The van der Waals surface area contributed by atoms with E-state index in [0.29, 0.717) is 11.6 Å². The van der Waals surface area contributed by atoms with Crippen LogP contribution in [0.3, 0.4) is 0 Å². The Hall–Kier alpha value is -2.23. The highest BCUT2D eigenvalue weighted by Gasteiger charge is 2.26. The first-order valence-corrected chi connectivity index (χ1v) is 6.64. The number of H-pyrrole nitrogens is 1. The molecular formula is C16H12F2N2. The second kappa shape index (κ2) is 4.13. The van der Waals surface area contributed by atoms with Crippen molar-refractivity contribution in [1.29, 1.82) is 0 Å². The lowest BCUT2D eigenvalue weighted by molar-refractivity contribution is 0.585. The minimum absolute atomic E-state index is 0.00519. The van der Waals surface area contributed by atoms with Crippen LogP contribution in [0.25, 0.3) is 22.2 Å². The van der Waals surface area contributed by atoms with Crippen molar-refractivity contribution >= 4 is 10.9 Å². The molecule has 3 aromatic rings. The number of halogens is 2. The molecule has 0 radical (unpaired) electrons. The number of pyridine rings is 1. The molecule has 0 atom stereocenters. The number of aromatic nitrogens is 2. The van der Waals surface area contributed by atoms with Crippen molar-refractivity contribution < 1.29 is 8.78 Å². The molecular weight excluding hydrogens is 258 g/mol. The van der Waals surface area contributed by atoms with Gasteiger partial charge in [-0.3, -0.25) is 4.98 Å². The summed E-state index contributed by atoms with van der Waals surface area (Å²) >= 11 is 0. The first kappa shape index (κ1) is 11.6. The maximum atomic E-state index is 14.2. The van der Waals surface area contributed by atoms with Gasteiger partial charge in [0.1, 0.15) is 11.6 Å². The van der Waals surface area contributed by atoms with Crippen LogP contribution in [0.5, 0.6) is 0 Å². The fraction of sp³-hybridized carbons (Fsp3) is 0.188. The van der Waals surface area contributed by atoms with Gasteiger partial charge in [0.05, 0.1) is 11.3 Å². The SMILES string of the molecule is Fc1cc(C2CC2)cc(F)c1-c1cc2cnccc2[nH]1. The molecule has 1 saturated carbocycles. The molecule has 2 heterocycles. The monoisotopic (exact) mass is 270 g/mol. The molecule has 2 nitrogen and oxygen atoms in total. The van der Waals surface area contributed by atoms with E-state index in [0.717, 1.165) is 29.3 Å². The summed E-state index contributed by atoms with van der Waals surface area (Å²) in [5.41, 5.74) is 2.04. The van der Waals surface area contributed by atoms with E-state index >= 15 is 0 Å². The molecule has 20 heavy (non-hydrogen) atoms. The Morgan fingerprint density at radius 1 is 1.10 bits per heavy atom. The Labute approximate surface area is 114 Å². The van der Waals surface area contributed by atoms with Crippen LogP contribution in [-0.2, 0) is 0 Å². The zero-order chi connectivity index (χ0) is 13.7. The van der Waals surface area contributed by atoms with Gasteiger partial charge in [-0.15, -0.1) is 0 Å². The lowest BCUT2D eigenvalue weighted by atomic mass is 10.0. The molecule has 1 aliphatic rings. The number of hydrogen-bond donors (Lipinski definition) is 1. The third-order valence-corrected chi connectivity index (χ3v) is 3.80. The number of nitrogens with zero attached hydrogens (tertiary/aromatic N) is 1. The van der Waals surface area contributed by atoms with Gasteiger partial charge in [0.25, 0.3) is 0 Å². The van der Waals surface area contributed by atoms with E-state index < -0.39 is 11.6 Å². The number of benzene rings is 1. The number of fused-ring (bicyclic) bond motifs is 1. The molecule has 0 spiro atoms. The van der Waals surface area contributed by atoms with Crippen LogP contribution in [0.15, 0.2) is 36.7 Å². The first-order valence-electron chi connectivity index (χ1n) is 6.64. The van der Waals surface area contributed by atoms with E-state index in [4.69, 9.17) is 0 Å². The van der Waals surface area contributed by atoms with Crippen LogP contribution >= 0.6 is 0 Å². The van der Waals surface area contributed by atoms with E-state index in [2.05, 4.69) is 9.97 Å². The molecule has 0 amide bonds. The van der Waals surface area contributed by atoms with Gasteiger partial charge in [0.15, 0.2) is 0 Å². The lowest BCUT2D eigenvalue weighted by Gasteiger charge is -2.06. The van der Waals surface area contributed by atoms with Crippen molar-refractivity contribution in [3.05, 3.63) is 53.9 Å². The van der Waals surface area contributed by atoms with Crippen LogP contribution < -0.4 is 0 Å². The lowest BCUT2D eigenvalue weighted by Crippen LogP contribution is -1.93. The second-order valence-electron chi connectivity index (χ2n) is 5.28. The smallest absolute Gasteiger partial charge is 0.135 e. The van der Waals surface area contributed by atoms with Crippen molar-refractivity contribution in [1.82, 2.24) is 9.97 Å². The maximum Gasteiger partial charge on any atom is 0.135 e. The summed E-state index contributed by atoms with van der Waals surface area (Å²) in [5.74, 6) is -0.683. The average Bonchev–Trinajstić information content (AvgIpc) is 3.18. The van der Waals surface area contributed by atoms with Crippen LogP contribution in [0.4, 0.5) is 8.78 Å². The highest BCUT2D eigenvalue weighted by Crippen LogP contribution is 2.42. The summed E-state index contributed by atoms with van der Waals surface area (Å²) < 4.78 is 28.5. The summed E-state index contributed by atoms with van der Waals surface area (Å²) in [5, 5.41) is 0.840. The van der Waals surface area contributed by atoms with Crippen LogP contribution in [0, 0.1) is 11.6 Å². The van der Waals surface area contributed by atoms with E-state index in [9.17, 15) is 8.78 Å². The number of aromatic amines is 1. The highest BCUT2D eigenvalue weighted by atomic mass is 19.1. The van der Waals surface area contributed by atoms with E-state index in [1.54, 1.807) is 24.5 Å². The maximum absolute atomic E-state index is 14.2. The van der Waals surface area contributed by atoms with Crippen molar-refractivity contribution in [3.8, 4) is 11.3 Å². The van der Waals surface area contributed by atoms with Gasteiger partial charge in [0.2, 0.25) is 0 Å². The van der Waals surface area contributed by atoms with Gasteiger partial charge in [-0.2, -0.15) is 0 Å². The molecule has 2 aromatic heterocycles. The summed E-state index contributed by atoms with van der Waals surface area (Å²) in [6, 6.07) is 6.42. The summed E-state index contributed by atoms with van der Waals surface area (Å²) in [7, 11) is 0. The minimum atomic E-state index is -0.508. The average molecular weight is 270 g/mol. The van der Waals surface area contributed by atoms with Crippen LogP contribution in [-0.4, -0.2) is 9.97 Å². The minimum Gasteiger partial charge on any atom is -0.354 e. The Bertz CT molecular complexity index is 747. The van der Waals surface area contributed by atoms with Gasteiger partial charge in [-0.05, 0) is 48.6 Å². The summed E-state index contributed by atoms with van der Waals surface area (Å²) in [4.78, 5) is 7.04. The van der Waals surface area contributed by atoms with Gasteiger partial charge >= 0.3 is 0 Å². The molecule has 0 unspecified atom stereocenters. The number of rotatable bonds is 2. The molecule has 0 bridgehead atoms. The zero-order valence-corrected chi connectivity index (χ0v) is 10.7. The Morgan fingerprint density at radius 3 is 2.50 bits per heavy atom. The van der Waals surface area contributed by atoms with E-state index in [-0.39, 0.29) is 5.56 Å². The Kier molecular flexibility index (Phi) is 2.39. The van der Waals surface area contributed by atoms with Gasteiger partial charge in [-0.1, -0.05) is 0 Å². The zero-order valence-electron chi connectivity index (χ0n) is 10.7. The van der Waals surface area contributed by atoms with Crippen molar-refractivity contribution in [3.63, 3.8) is 0 Å². The molecule has 4 heteroatoms. The third kappa shape index (κ3) is 1.80. The quantitative estimate of drug-likeness (QED) is 0.735. The van der Waals surface area contributed by atoms with Gasteiger partial charge in [-0.25, -0.2) is 8.78 Å². The summed E-state index contributed by atoms with van der Waals surface area (Å²) in [6.45, 7) is 0. The van der Waals surface area contributed by atoms with Crippen LogP contribution in [0.2, 0.25) is 0 Å².